The number of ether oxygens (including phenoxy) is 1. The fourth-order valence-electron chi connectivity index (χ4n) is 1.63. The van der Waals surface area contributed by atoms with Gasteiger partial charge >= 0.3 is 13.1 Å². The maximum atomic E-state index is 14.0. The molecule has 0 saturated heterocycles. The molecule has 0 aliphatic carbocycles. The summed E-state index contributed by atoms with van der Waals surface area (Å²) in [6, 6.07) is 2.94. The molecule has 86 valence electrons. The summed E-state index contributed by atoms with van der Waals surface area (Å²) < 4.78 is 23.9. The topological polar surface area (TPSA) is 93.1 Å². The Morgan fingerprint density at radius 3 is 3.18 bits per heavy atom. The minimum Gasteiger partial charge on any atom is -0.423 e. The van der Waals surface area contributed by atoms with Gasteiger partial charge in [0.1, 0.15) is 0 Å². The molecular formula is C8H6BFN4O3. The number of aromatic nitrogens is 4. The highest BCUT2D eigenvalue weighted by Gasteiger charge is 2.32. The van der Waals surface area contributed by atoms with Gasteiger partial charge in [0.05, 0.1) is 6.61 Å². The van der Waals surface area contributed by atoms with Gasteiger partial charge in [0.2, 0.25) is 0 Å². The molecule has 2 heterocycles. The van der Waals surface area contributed by atoms with E-state index in [1.54, 1.807) is 6.07 Å². The summed E-state index contributed by atoms with van der Waals surface area (Å²) in [5.74, 6) is -0.771. The second-order valence-electron chi connectivity index (χ2n) is 3.41. The number of halogens is 1. The highest BCUT2D eigenvalue weighted by atomic mass is 19.1. The summed E-state index contributed by atoms with van der Waals surface area (Å²) in [5, 5.41) is 22.0. The lowest BCUT2D eigenvalue weighted by Crippen LogP contribution is -2.31. The lowest BCUT2D eigenvalue weighted by Gasteiger charge is -2.06. The summed E-state index contributed by atoms with van der Waals surface area (Å²) in [5.41, 5.74) is 0.682. The van der Waals surface area contributed by atoms with Crippen LogP contribution < -0.4 is 10.2 Å². The predicted molar refractivity (Wildman–Crippen MR) is 53.0 cm³/mol. The van der Waals surface area contributed by atoms with E-state index in [4.69, 9.17) is 9.39 Å². The second kappa shape index (κ2) is 3.79. The van der Waals surface area contributed by atoms with Crippen LogP contribution in [0.15, 0.2) is 12.1 Å². The smallest absolute Gasteiger partial charge is 0.423 e. The minimum atomic E-state index is -1.26. The van der Waals surface area contributed by atoms with Gasteiger partial charge in [0.15, 0.2) is 11.6 Å². The molecule has 0 spiro atoms. The zero-order valence-corrected chi connectivity index (χ0v) is 8.42. The van der Waals surface area contributed by atoms with E-state index >= 15 is 0 Å². The number of hydrogen-bond acceptors (Lipinski definition) is 6. The Kier molecular flexibility index (Phi) is 2.27. The molecule has 0 unspecified atom stereocenters. The van der Waals surface area contributed by atoms with Crippen molar-refractivity contribution in [2.24, 2.45) is 0 Å². The van der Waals surface area contributed by atoms with Crippen LogP contribution in [0.5, 0.6) is 11.8 Å². The molecule has 0 fully saturated rings. The third-order valence-electron chi connectivity index (χ3n) is 2.41. The summed E-state index contributed by atoms with van der Waals surface area (Å²) in [4.78, 5) is 0. The van der Waals surface area contributed by atoms with Crippen molar-refractivity contribution in [3.05, 3.63) is 23.5 Å². The van der Waals surface area contributed by atoms with E-state index in [1.807, 2.05) is 0 Å². The van der Waals surface area contributed by atoms with E-state index in [-0.39, 0.29) is 23.8 Å². The lowest BCUT2D eigenvalue weighted by atomic mass is 9.79. The van der Waals surface area contributed by atoms with Gasteiger partial charge in [0.25, 0.3) is 0 Å². The SMILES string of the molecule is OB1OCc2ccc(Oc3nn[nH]n3)c(F)c21. The van der Waals surface area contributed by atoms with Crippen molar-refractivity contribution in [1.29, 1.82) is 0 Å². The molecule has 0 bridgehead atoms. The first-order chi connectivity index (χ1) is 8.25. The Bertz CT molecular complexity index is 550. The second-order valence-corrected chi connectivity index (χ2v) is 3.41. The molecule has 1 aromatic carbocycles. The first-order valence-electron chi connectivity index (χ1n) is 4.78. The Morgan fingerprint density at radius 2 is 2.41 bits per heavy atom. The Hall–Kier alpha value is -2.00. The van der Waals surface area contributed by atoms with E-state index in [2.05, 4.69) is 20.6 Å². The van der Waals surface area contributed by atoms with Crippen LogP contribution in [0.3, 0.4) is 0 Å². The zero-order chi connectivity index (χ0) is 11.8. The van der Waals surface area contributed by atoms with Crippen molar-refractivity contribution in [3.63, 3.8) is 0 Å². The quantitative estimate of drug-likeness (QED) is 0.673. The van der Waals surface area contributed by atoms with Crippen LogP contribution in [0.4, 0.5) is 4.39 Å². The van der Waals surface area contributed by atoms with Gasteiger partial charge in [-0.25, -0.2) is 4.39 Å². The molecule has 0 atom stereocenters. The molecule has 17 heavy (non-hydrogen) atoms. The van der Waals surface area contributed by atoms with Crippen molar-refractivity contribution >= 4 is 12.6 Å². The number of benzene rings is 1. The van der Waals surface area contributed by atoms with Gasteiger partial charge in [0, 0.05) is 5.46 Å². The van der Waals surface area contributed by atoms with Crippen LogP contribution in [-0.4, -0.2) is 32.8 Å². The third-order valence-corrected chi connectivity index (χ3v) is 2.41. The van der Waals surface area contributed by atoms with Gasteiger partial charge < -0.3 is 14.4 Å². The molecule has 0 amide bonds. The van der Waals surface area contributed by atoms with Crippen LogP contribution in [0, 0.1) is 5.82 Å². The Morgan fingerprint density at radius 1 is 1.53 bits per heavy atom. The Labute approximate surface area is 94.7 Å². The van der Waals surface area contributed by atoms with Gasteiger partial charge in [-0.3, -0.25) is 0 Å². The minimum absolute atomic E-state index is 0.0882. The van der Waals surface area contributed by atoms with Crippen molar-refractivity contribution < 1.29 is 18.8 Å². The molecule has 1 aliphatic heterocycles. The molecule has 1 aliphatic rings. The van der Waals surface area contributed by atoms with Crippen molar-refractivity contribution in [2.75, 3.05) is 0 Å². The Balaban J connectivity index is 1.99. The molecule has 0 radical (unpaired) electrons. The van der Waals surface area contributed by atoms with Gasteiger partial charge in [-0.1, -0.05) is 16.3 Å². The van der Waals surface area contributed by atoms with Gasteiger partial charge in [-0.15, -0.1) is 0 Å². The van der Waals surface area contributed by atoms with E-state index < -0.39 is 12.9 Å². The van der Waals surface area contributed by atoms with Gasteiger partial charge in [-0.2, -0.15) is 5.21 Å². The van der Waals surface area contributed by atoms with Crippen LogP contribution >= 0.6 is 0 Å². The zero-order valence-electron chi connectivity index (χ0n) is 8.42. The summed E-state index contributed by atoms with van der Waals surface area (Å²) in [7, 11) is -1.26. The standard InChI is InChI=1S/C8H6BFN4O3/c10-7-5(17-8-11-13-14-12-8)2-1-4-3-16-9(15)6(4)7/h1-2,15H,3H2,(H,11,12,13,14). The maximum absolute atomic E-state index is 14.0. The number of fused-ring (bicyclic) bond motifs is 1. The molecule has 2 N–H and O–H groups in total. The molecule has 9 heteroatoms. The van der Waals surface area contributed by atoms with Crippen molar-refractivity contribution in [3.8, 4) is 11.8 Å². The molecule has 7 nitrogen and oxygen atoms in total. The fraction of sp³-hybridized carbons (Fsp3) is 0.125. The van der Waals surface area contributed by atoms with E-state index in [0.29, 0.717) is 5.56 Å². The summed E-state index contributed by atoms with van der Waals surface area (Å²) in [6.45, 7) is 0.176. The number of nitrogens with one attached hydrogen (secondary N) is 1. The van der Waals surface area contributed by atoms with Crippen molar-refractivity contribution in [2.45, 2.75) is 6.61 Å². The number of hydrogen-bond donors (Lipinski definition) is 2. The first kappa shape index (κ1) is 10.2. The summed E-state index contributed by atoms with van der Waals surface area (Å²) >= 11 is 0. The number of aromatic amines is 1. The molecular weight excluding hydrogens is 230 g/mol. The lowest BCUT2D eigenvalue weighted by molar-refractivity contribution is 0.275. The van der Waals surface area contributed by atoms with E-state index in [9.17, 15) is 9.41 Å². The highest BCUT2D eigenvalue weighted by Crippen LogP contribution is 2.23. The normalized spacial score (nSPS) is 13.9. The number of tetrazole rings is 1. The maximum Gasteiger partial charge on any atom is 0.494 e. The van der Waals surface area contributed by atoms with E-state index in [0.717, 1.165) is 0 Å². The average molecular weight is 236 g/mol. The largest absolute Gasteiger partial charge is 0.494 e. The molecule has 2 aromatic rings. The summed E-state index contributed by atoms with van der Waals surface area (Å²) in [6.07, 6.45) is 0. The first-order valence-corrected chi connectivity index (χ1v) is 4.78. The number of rotatable bonds is 2. The monoisotopic (exact) mass is 236 g/mol. The number of H-pyrrole nitrogens is 1. The van der Waals surface area contributed by atoms with Crippen LogP contribution in [0.25, 0.3) is 0 Å². The third kappa shape index (κ3) is 1.65. The average Bonchev–Trinajstić information content (AvgIpc) is 2.93. The number of nitrogens with zero attached hydrogens (tertiary/aromatic N) is 3. The fourth-order valence-corrected chi connectivity index (χ4v) is 1.63. The molecule has 1 aromatic heterocycles. The molecule has 0 saturated carbocycles. The predicted octanol–water partition coefficient (Wildman–Crippen LogP) is -0.651. The highest BCUT2D eigenvalue weighted by molar-refractivity contribution is 6.61. The van der Waals surface area contributed by atoms with Gasteiger partial charge in [-0.05, 0) is 16.8 Å². The van der Waals surface area contributed by atoms with Crippen LogP contribution in [-0.2, 0) is 11.3 Å². The van der Waals surface area contributed by atoms with E-state index in [1.165, 1.54) is 6.07 Å². The van der Waals surface area contributed by atoms with Crippen molar-refractivity contribution in [1.82, 2.24) is 20.6 Å². The molecule has 3 rings (SSSR count). The van der Waals surface area contributed by atoms with Crippen LogP contribution in [0.2, 0.25) is 0 Å². The van der Waals surface area contributed by atoms with Crippen LogP contribution in [0.1, 0.15) is 5.56 Å².